The molecule has 2 nitrogen and oxygen atoms in total. The van der Waals surface area contributed by atoms with Gasteiger partial charge >= 0.3 is 0 Å². The van der Waals surface area contributed by atoms with Crippen LogP contribution in [0.5, 0.6) is 0 Å². The summed E-state index contributed by atoms with van der Waals surface area (Å²) in [4.78, 5) is 0.214. The van der Waals surface area contributed by atoms with Gasteiger partial charge in [-0.05, 0) is 19.9 Å². The quantitative estimate of drug-likeness (QED) is 0.523. The molecule has 0 aromatic carbocycles. The van der Waals surface area contributed by atoms with E-state index in [0.717, 1.165) is 5.57 Å². The van der Waals surface area contributed by atoms with E-state index in [0.29, 0.717) is 0 Å². The summed E-state index contributed by atoms with van der Waals surface area (Å²) in [5.74, 6) is 0. The van der Waals surface area contributed by atoms with Crippen molar-refractivity contribution in [1.29, 1.82) is 0 Å². The number of allylic oxidation sites excluding steroid dienone is 4. The van der Waals surface area contributed by atoms with Gasteiger partial charge in [0.15, 0.2) is 11.1 Å². The first-order valence-electron chi connectivity index (χ1n) is 3.18. The molecule has 0 saturated carbocycles. The third kappa shape index (κ3) is 4.70. The average molecular weight is 172 g/mol. The summed E-state index contributed by atoms with van der Waals surface area (Å²) >= 11 is -1.94. The maximum atomic E-state index is 10.3. The third-order valence-electron chi connectivity index (χ3n) is 1.21. The van der Waals surface area contributed by atoms with E-state index in [-0.39, 0.29) is 4.91 Å². The standard InChI is InChI=1S/C8H12O2S/c1-4-7(2)5-6-8(3)11(9)10/h4-6H,3H2,1-2H3,(H,9,10)/b6-5-,7-4-. The molecule has 0 fully saturated rings. The zero-order chi connectivity index (χ0) is 8.85. The molecule has 0 saturated heterocycles. The van der Waals surface area contributed by atoms with E-state index in [1.165, 1.54) is 6.08 Å². The van der Waals surface area contributed by atoms with E-state index in [9.17, 15) is 4.21 Å². The molecule has 1 atom stereocenters. The first-order valence-corrected chi connectivity index (χ1v) is 4.29. The minimum atomic E-state index is -1.94. The van der Waals surface area contributed by atoms with Gasteiger partial charge in [0, 0.05) is 0 Å². The summed E-state index contributed by atoms with van der Waals surface area (Å²) in [6.45, 7) is 7.20. The zero-order valence-corrected chi connectivity index (χ0v) is 7.52. The summed E-state index contributed by atoms with van der Waals surface area (Å²) in [5.41, 5.74) is 1.04. The Balaban J connectivity index is 4.15. The Morgan fingerprint density at radius 1 is 1.55 bits per heavy atom. The highest BCUT2D eigenvalue weighted by Crippen LogP contribution is 2.01. The van der Waals surface area contributed by atoms with Crippen molar-refractivity contribution in [2.24, 2.45) is 0 Å². The Kier molecular flexibility index (Phi) is 4.74. The summed E-state index contributed by atoms with van der Waals surface area (Å²) in [6, 6.07) is 0. The van der Waals surface area contributed by atoms with Crippen molar-refractivity contribution >= 4 is 11.1 Å². The first kappa shape index (κ1) is 10.3. The van der Waals surface area contributed by atoms with Crippen molar-refractivity contribution in [2.45, 2.75) is 13.8 Å². The lowest BCUT2D eigenvalue weighted by molar-refractivity contribution is 0.572. The molecule has 11 heavy (non-hydrogen) atoms. The molecule has 0 aliphatic carbocycles. The summed E-state index contributed by atoms with van der Waals surface area (Å²) in [6.07, 6.45) is 5.19. The fourth-order valence-electron chi connectivity index (χ4n) is 0.379. The summed E-state index contributed by atoms with van der Waals surface area (Å²) in [5, 5.41) is 0. The lowest BCUT2D eigenvalue weighted by atomic mass is 10.3. The monoisotopic (exact) mass is 172 g/mol. The molecular formula is C8H12O2S. The Labute approximate surface area is 69.6 Å². The van der Waals surface area contributed by atoms with E-state index in [1.54, 1.807) is 6.08 Å². The molecule has 0 aliphatic rings. The van der Waals surface area contributed by atoms with Gasteiger partial charge in [-0.1, -0.05) is 24.3 Å². The van der Waals surface area contributed by atoms with Crippen LogP contribution in [-0.4, -0.2) is 8.76 Å². The predicted octanol–water partition coefficient (Wildman–Crippen LogP) is 2.24. The van der Waals surface area contributed by atoms with E-state index < -0.39 is 11.1 Å². The van der Waals surface area contributed by atoms with Gasteiger partial charge in [-0.15, -0.1) is 0 Å². The molecule has 0 rings (SSSR count). The van der Waals surface area contributed by atoms with Crippen LogP contribution in [0.2, 0.25) is 0 Å². The van der Waals surface area contributed by atoms with E-state index >= 15 is 0 Å². The van der Waals surface area contributed by atoms with Crippen LogP contribution in [0.1, 0.15) is 13.8 Å². The van der Waals surface area contributed by atoms with Crippen molar-refractivity contribution in [1.82, 2.24) is 0 Å². The van der Waals surface area contributed by atoms with Gasteiger partial charge in [-0.2, -0.15) is 0 Å². The smallest absolute Gasteiger partial charge is 0.185 e. The van der Waals surface area contributed by atoms with Crippen LogP contribution in [-0.2, 0) is 11.1 Å². The highest BCUT2D eigenvalue weighted by Gasteiger charge is 1.93. The van der Waals surface area contributed by atoms with E-state index in [2.05, 4.69) is 6.58 Å². The Bertz CT molecular complexity index is 226. The van der Waals surface area contributed by atoms with Gasteiger partial charge in [0.2, 0.25) is 0 Å². The van der Waals surface area contributed by atoms with Crippen molar-refractivity contribution in [3.05, 3.63) is 35.3 Å². The lowest BCUT2D eigenvalue weighted by Gasteiger charge is -1.90. The minimum Gasteiger partial charge on any atom is -0.302 e. The van der Waals surface area contributed by atoms with Crippen LogP contribution in [0, 0.1) is 0 Å². The lowest BCUT2D eigenvalue weighted by Crippen LogP contribution is -1.85. The molecule has 3 heteroatoms. The average Bonchev–Trinajstić information content (AvgIpc) is 1.99. The number of hydrogen-bond acceptors (Lipinski definition) is 1. The van der Waals surface area contributed by atoms with Crippen LogP contribution in [0.25, 0.3) is 0 Å². The van der Waals surface area contributed by atoms with Gasteiger partial charge in [-0.3, -0.25) is 0 Å². The number of hydrogen-bond donors (Lipinski definition) is 1. The Morgan fingerprint density at radius 2 is 2.09 bits per heavy atom. The normalized spacial score (nSPS) is 15.4. The Morgan fingerprint density at radius 3 is 2.45 bits per heavy atom. The SMILES string of the molecule is C=C(/C=C\C(C)=C/C)S(=O)O. The second kappa shape index (κ2) is 5.04. The fraction of sp³-hybridized carbons (Fsp3) is 0.250. The summed E-state index contributed by atoms with van der Waals surface area (Å²) < 4.78 is 18.8. The second-order valence-electron chi connectivity index (χ2n) is 2.08. The zero-order valence-electron chi connectivity index (χ0n) is 6.70. The van der Waals surface area contributed by atoms with Gasteiger partial charge in [0.05, 0.1) is 4.91 Å². The maximum absolute atomic E-state index is 10.3. The molecule has 1 N–H and O–H groups in total. The van der Waals surface area contributed by atoms with Gasteiger partial charge < -0.3 is 4.55 Å². The summed E-state index contributed by atoms with van der Waals surface area (Å²) in [7, 11) is 0. The van der Waals surface area contributed by atoms with E-state index in [4.69, 9.17) is 4.55 Å². The second-order valence-corrected chi connectivity index (χ2v) is 3.10. The topological polar surface area (TPSA) is 37.3 Å². The molecule has 0 spiro atoms. The van der Waals surface area contributed by atoms with Crippen molar-refractivity contribution in [3.63, 3.8) is 0 Å². The maximum Gasteiger partial charge on any atom is 0.185 e. The Hall–Kier alpha value is -0.670. The van der Waals surface area contributed by atoms with Crippen molar-refractivity contribution < 1.29 is 8.76 Å². The van der Waals surface area contributed by atoms with Crippen LogP contribution >= 0.6 is 0 Å². The van der Waals surface area contributed by atoms with Crippen LogP contribution in [0.4, 0.5) is 0 Å². The third-order valence-corrected chi connectivity index (χ3v) is 1.80. The van der Waals surface area contributed by atoms with Crippen molar-refractivity contribution in [2.75, 3.05) is 0 Å². The molecule has 0 bridgehead atoms. The molecule has 0 aromatic heterocycles. The molecule has 0 amide bonds. The van der Waals surface area contributed by atoms with Crippen LogP contribution < -0.4 is 0 Å². The van der Waals surface area contributed by atoms with Gasteiger partial charge in [-0.25, -0.2) is 4.21 Å². The largest absolute Gasteiger partial charge is 0.302 e. The minimum absolute atomic E-state index is 0.214. The number of rotatable bonds is 3. The van der Waals surface area contributed by atoms with Gasteiger partial charge in [0.1, 0.15) is 0 Å². The van der Waals surface area contributed by atoms with Gasteiger partial charge in [0.25, 0.3) is 0 Å². The van der Waals surface area contributed by atoms with E-state index in [1.807, 2.05) is 19.9 Å². The molecule has 0 heterocycles. The van der Waals surface area contributed by atoms with Crippen molar-refractivity contribution in [3.8, 4) is 0 Å². The molecule has 0 aromatic rings. The van der Waals surface area contributed by atoms with Crippen LogP contribution in [0.3, 0.4) is 0 Å². The fourth-order valence-corrected chi connectivity index (χ4v) is 0.563. The highest BCUT2D eigenvalue weighted by molar-refractivity contribution is 7.83. The predicted molar refractivity (Wildman–Crippen MR) is 48.5 cm³/mol. The highest BCUT2D eigenvalue weighted by atomic mass is 32.2. The first-order chi connectivity index (χ1) is 5.07. The van der Waals surface area contributed by atoms with Crippen LogP contribution in [0.15, 0.2) is 35.3 Å². The molecule has 0 aliphatic heterocycles. The molecular weight excluding hydrogens is 160 g/mol. The molecule has 62 valence electrons. The molecule has 1 unspecified atom stereocenters. The molecule has 0 radical (unpaired) electrons.